The molecule has 0 radical (unpaired) electrons. The number of aromatic nitrogens is 1. The van der Waals surface area contributed by atoms with Gasteiger partial charge in [0, 0.05) is 25.5 Å². The maximum absolute atomic E-state index is 11.0. The Balaban J connectivity index is 1.85. The summed E-state index contributed by atoms with van der Waals surface area (Å²) >= 11 is 1.23. The molecule has 0 aliphatic carbocycles. The number of carboxylic acids is 1. The standard InChI is InChI=1S/C18H22N4O2S/c1-2-22(12-9-19)11-4-10-20-13-14-5-3-6-15(21-14)16-7-8-17(25-16)18(23)24/h2-3,5-9,12,20H,1,4,10-11,13,19H2,(H,23,24)/b12-9-. The Labute approximate surface area is 151 Å². The minimum atomic E-state index is -0.910. The van der Waals surface area contributed by atoms with Crippen molar-refractivity contribution >= 4 is 17.3 Å². The summed E-state index contributed by atoms with van der Waals surface area (Å²) in [7, 11) is 0. The van der Waals surface area contributed by atoms with E-state index in [1.54, 1.807) is 24.5 Å². The van der Waals surface area contributed by atoms with Crippen LogP contribution in [0.25, 0.3) is 10.6 Å². The van der Waals surface area contributed by atoms with Gasteiger partial charge in [0.2, 0.25) is 0 Å². The third-order valence-electron chi connectivity index (χ3n) is 3.46. The van der Waals surface area contributed by atoms with Gasteiger partial charge in [0.15, 0.2) is 0 Å². The van der Waals surface area contributed by atoms with Crippen LogP contribution in [-0.4, -0.2) is 34.0 Å². The summed E-state index contributed by atoms with van der Waals surface area (Å²) in [6, 6.07) is 9.18. The van der Waals surface area contributed by atoms with E-state index in [9.17, 15) is 4.79 Å². The van der Waals surface area contributed by atoms with Crippen molar-refractivity contribution in [2.24, 2.45) is 5.73 Å². The molecule has 0 aliphatic rings. The number of nitrogens with zero attached hydrogens (tertiary/aromatic N) is 2. The highest BCUT2D eigenvalue weighted by Gasteiger charge is 2.09. The van der Waals surface area contributed by atoms with E-state index >= 15 is 0 Å². The summed E-state index contributed by atoms with van der Waals surface area (Å²) < 4.78 is 0. The molecule has 6 nitrogen and oxygen atoms in total. The number of hydrogen-bond acceptors (Lipinski definition) is 6. The average Bonchev–Trinajstić information content (AvgIpc) is 3.11. The molecule has 0 aliphatic heterocycles. The number of pyridine rings is 1. The first-order valence-corrected chi connectivity index (χ1v) is 8.72. The first-order chi connectivity index (χ1) is 12.1. The Hall–Kier alpha value is -2.64. The third kappa shape index (κ3) is 5.74. The van der Waals surface area contributed by atoms with Crippen molar-refractivity contribution in [2.75, 3.05) is 13.1 Å². The maximum atomic E-state index is 11.0. The number of hydrogen-bond donors (Lipinski definition) is 3. The van der Waals surface area contributed by atoms with Gasteiger partial charge in [-0.15, -0.1) is 11.3 Å². The van der Waals surface area contributed by atoms with E-state index in [-0.39, 0.29) is 0 Å². The highest BCUT2D eigenvalue weighted by Crippen LogP contribution is 2.26. The summed E-state index contributed by atoms with van der Waals surface area (Å²) in [5, 5.41) is 12.4. The average molecular weight is 358 g/mol. The quantitative estimate of drug-likeness (QED) is 0.566. The van der Waals surface area contributed by atoms with Crippen LogP contribution in [0.15, 0.2) is 55.5 Å². The molecule has 2 heterocycles. The molecular formula is C18H22N4O2S. The fraction of sp³-hybridized carbons (Fsp3) is 0.222. The molecule has 0 fully saturated rings. The zero-order valence-electron chi connectivity index (χ0n) is 13.9. The van der Waals surface area contributed by atoms with Crippen LogP contribution in [0, 0.1) is 0 Å². The van der Waals surface area contributed by atoms with Crippen LogP contribution in [0.5, 0.6) is 0 Å². The number of carboxylic acid groups (broad SMARTS) is 1. The van der Waals surface area contributed by atoms with Crippen LogP contribution in [0.2, 0.25) is 0 Å². The lowest BCUT2D eigenvalue weighted by atomic mass is 10.2. The predicted molar refractivity (Wildman–Crippen MR) is 101 cm³/mol. The van der Waals surface area contributed by atoms with Crippen molar-refractivity contribution in [3.63, 3.8) is 0 Å². The molecule has 25 heavy (non-hydrogen) atoms. The Morgan fingerprint density at radius 2 is 2.24 bits per heavy atom. The van der Waals surface area contributed by atoms with Crippen LogP contribution >= 0.6 is 11.3 Å². The molecule has 132 valence electrons. The van der Waals surface area contributed by atoms with Crippen molar-refractivity contribution in [2.45, 2.75) is 13.0 Å². The predicted octanol–water partition coefficient (Wildman–Crippen LogP) is 2.86. The number of thiophene rings is 1. The van der Waals surface area contributed by atoms with E-state index in [1.807, 2.05) is 23.1 Å². The van der Waals surface area contributed by atoms with Crippen molar-refractivity contribution < 1.29 is 9.90 Å². The molecular weight excluding hydrogens is 336 g/mol. The molecule has 0 unspecified atom stereocenters. The van der Waals surface area contributed by atoms with Gasteiger partial charge < -0.3 is 21.1 Å². The highest BCUT2D eigenvalue weighted by molar-refractivity contribution is 7.17. The normalized spacial score (nSPS) is 10.9. The lowest BCUT2D eigenvalue weighted by Crippen LogP contribution is -2.20. The molecule has 0 saturated carbocycles. The fourth-order valence-electron chi connectivity index (χ4n) is 2.25. The third-order valence-corrected chi connectivity index (χ3v) is 4.56. The molecule has 0 aromatic carbocycles. The van der Waals surface area contributed by atoms with E-state index in [0.717, 1.165) is 35.8 Å². The van der Waals surface area contributed by atoms with Crippen LogP contribution < -0.4 is 11.1 Å². The molecule has 0 amide bonds. The summed E-state index contributed by atoms with van der Waals surface area (Å²) in [6.45, 7) is 6.07. The van der Waals surface area contributed by atoms with Gasteiger partial charge in [-0.25, -0.2) is 4.79 Å². The number of carbonyl (C=O) groups is 1. The van der Waals surface area contributed by atoms with E-state index < -0.39 is 5.97 Å². The second-order valence-corrected chi connectivity index (χ2v) is 6.36. The Bertz CT molecular complexity index is 742. The molecule has 2 aromatic heterocycles. The van der Waals surface area contributed by atoms with E-state index in [1.165, 1.54) is 17.5 Å². The first-order valence-electron chi connectivity index (χ1n) is 7.91. The van der Waals surface area contributed by atoms with Crippen molar-refractivity contribution in [1.29, 1.82) is 0 Å². The lowest BCUT2D eigenvalue weighted by Gasteiger charge is -2.14. The monoisotopic (exact) mass is 358 g/mol. The van der Waals surface area contributed by atoms with Crippen LogP contribution in [0.3, 0.4) is 0 Å². The minimum Gasteiger partial charge on any atom is -0.477 e. The topological polar surface area (TPSA) is 91.5 Å². The lowest BCUT2D eigenvalue weighted by molar-refractivity contribution is 0.0702. The van der Waals surface area contributed by atoms with E-state index in [4.69, 9.17) is 10.8 Å². The zero-order valence-corrected chi connectivity index (χ0v) is 14.7. The first kappa shape index (κ1) is 18.7. The van der Waals surface area contributed by atoms with E-state index in [0.29, 0.717) is 11.4 Å². The Morgan fingerprint density at radius 3 is 2.92 bits per heavy atom. The van der Waals surface area contributed by atoms with Crippen LogP contribution in [0.1, 0.15) is 21.8 Å². The second kappa shape index (κ2) is 9.61. The van der Waals surface area contributed by atoms with Gasteiger partial charge >= 0.3 is 5.97 Å². The second-order valence-electron chi connectivity index (χ2n) is 5.28. The van der Waals surface area contributed by atoms with Crippen LogP contribution in [0.4, 0.5) is 0 Å². The van der Waals surface area contributed by atoms with Gasteiger partial charge in [0.05, 0.1) is 16.3 Å². The maximum Gasteiger partial charge on any atom is 0.345 e. The van der Waals surface area contributed by atoms with Gasteiger partial charge in [0.1, 0.15) is 4.88 Å². The molecule has 4 N–H and O–H groups in total. The van der Waals surface area contributed by atoms with E-state index in [2.05, 4.69) is 16.9 Å². The van der Waals surface area contributed by atoms with Gasteiger partial charge in [-0.2, -0.15) is 0 Å². The minimum absolute atomic E-state index is 0.318. The van der Waals surface area contributed by atoms with Crippen LogP contribution in [-0.2, 0) is 6.54 Å². The number of nitrogens with one attached hydrogen (secondary N) is 1. The number of rotatable bonds is 10. The zero-order chi connectivity index (χ0) is 18.1. The number of nitrogens with two attached hydrogens (primary N) is 1. The van der Waals surface area contributed by atoms with Crippen molar-refractivity contribution in [1.82, 2.24) is 15.2 Å². The molecule has 0 atom stereocenters. The number of aromatic carboxylic acids is 1. The Kier molecular flexibility index (Phi) is 7.18. The fourth-order valence-corrected chi connectivity index (χ4v) is 3.06. The van der Waals surface area contributed by atoms with Gasteiger partial charge in [-0.1, -0.05) is 12.6 Å². The largest absolute Gasteiger partial charge is 0.477 e. The summed E-state index contributed by atoms with van der Waals surface area (Å²) in [4.78, 5) is 18.7. The molecule has 7 heteroatoms. The SMILES string of the molecule is C=CN(/C=C\N)CCCNCc1cccc(-c2ccc(C(=O)O)s2)n1. The smallest absolute Gasteiger partial charge is 0.345 e. The van der Waals surface area contributed by atoms with Gasteiger partial charge in [0.25, 0.3) is 0 Å². The van der Waals surface area contributed by atoms with Crippen molar-refractivity contribution in [3.8, 4) is 10.6 Å². The molecule has 0 bridgehead atoms. The summed E-state index contributed by atoms with van der Waals surface area (Å²) in [5.74, 6) is -0.910. The Morgan fingerprint density at radius 1 is 1.40 bits per heavy atom. The molecule has 2 aromatic rings. The summed E-state index contributed by atoms with van der Waals surface area (Å²) in [5.41, 5.74) is 7.08. The van der Waals surface area contributed by atoms with Crippen molar-refractivity contribution in [3.05, 3.63) is 66.1 Å². The molecule has 2 rings (SSSR count). The molecule has 0 saturated heterocycles. The molecule has 0 spiro atoms. The van der Waals surface area contributed by atoms with Gasteiger partial charge in [-0.3, -0.25) is 4.98 Å². The summed E-state index contributed by atoms with van der Waals surface area (Å²) in [6.07, 6.45) is 5.96. The van der Waals surface area contributed by atoms with Gasteiger partial charge in [-0.05, 0) is 43.4 Å². The highest BCUT2D eigenvalue weighted by atomic mass is 32.1.